The molecule has 4 rings (SSSR count). The van der Waals surface area contributed by atoms with Crippen LogP contribution in [0.4, 0.5) is 5.69 Å². The first kappa shape index (κ1) is 30.8. The van der Waals surface area contributed by atoms with Crippen molar-refractivity contribution in [3.63, 3.8) is 0 Å². The molecule has 7 atom stereocenters. The van der Waals surface area contributed by atoms with Crippen LogP contribution < -0.4 is 9.64 Å². The molecule has 1 aromatic rings. The first-order valence-electron chi connectivity index (χ1n) is 14.7. The molecule has 2 bridgehead atoms. The lowest BCUT2D eigenvalue weighted by atomic mass is 9.62. The molecule has 0 aromatic heterocycles. The molecule has 3 fully saturated rings. The Balaban J connectivity index is 1.86. The van der Waals surface area contributed by atoms with E-state index in [2.05, 4.69) is 13.2 Å². The summed E-state index contributed by atoms with van der Waals surface area (Å²) in [6, 6.07) is 5.52. The molecule has 3 aliphatic rings. The van der Waals surface area contributed by atoms with Gasteiger partial charge in [-0.15, -0.1) is 13.2 Å². The second-order valence-electron chi connectivity index (χ2n) is 11.7. The number of nitrogens with zero attached hydrogens (tertiary/aromatic N) is 3. The van der Waals surface area contributed by atoms with Crippen LogP contribution >= 0.6 is 0 Å². The summed E-state index contributed by atoms with van der Waals surface area (Å²) in [5.74, 6) is -1.79. The summed E-state index contributed by atoms with van der Waals surface area (Å²) in [5, 5.41) is 10.4. The Labute approximate surface area is 243 Å². The van der Waals surface area contributed by atoms with Crippen LogP contribution in [0.1, 0.15) is 47.0 Å². The summed E-state index contributed by atoms with van der Waals surface area (Å²) in [4.78, 5) is 48.3. The van der Waals surface area contributed by atoms with E-state index in [-0.39, 0.29) is 36.8 Å². The van der Waals surface area contributed by atoms with Crippen LogP contribution in [-0.2, 0) is 19.1 Å². The first-order valence-corrected chi connectivity index (χ1v) is 14.7. The topological polar surface area (TPSA) is 99.6 Å². The number of hydrogen-bond acceptors (Lipinski definition) is 6. The molecular weight excluding hydrogens is 522 g/mol. The van der Waals surface area contributed by atoms with Crippen LogP contribution in [0.15, 0.2) is 49.6 Å². The number of ether oxygens (including phenoxy) is 2. The second-order valence-corrected chi connectivity index (χ2v) is 11.7. The quantitative estimate of drug-likeness (QED) is 0.367. The van der Waals surface area contributed by atoms with Crippen LogP contribution in [0.3, 0.4) is 0 Å². The normalized spacial score (nSPS) is 30.6. The van der Waals surface area contributed by atoms with Crippen molar-refractivity contribution in [1.29, 1.82) is 0 Å². The van der Waals surface area contributed by atoms with E-state index in [0.29, 0.717) is 37.4 Å². The van der Waals surface area contributed by atoms with Gasteiger partial charge in [0.1, 0.15) is 17.4 Å². The molecule has 3 aliphatic heterocycles. The number of anilines is 1. The highest BCUT2D eigenvalue weighted by atomic mass is 16.5. The van der Waals surface area contributed by atoms with Crippen molar-refractivity contribution in [3.05, 3.63) is 49.6 Å². The zero-order valence-corrected chi connectivity index (χ0v) is 25.0. The number of benzene rings is 1. The maximum atomic E-state index is 14.7. The molecule has 0 radical (unpaired) electrons. The number of likely N-dealkylation sites (tertiary alicyclic amines) is 1. The number of hydrogen-bond donors (Lipinski definition) is 1. The maximum absolute atomic E-state index is 14.7. The lowest BCUT2D eigenvalue weighted by Crippen LogP contribution is -2.59. The van der Waals surface area contributed by atoms with Crippen LogP contribution in [0, 0.1) is 17.8 Å². The molecular formula is C32H45N3O6. The highest BCUT2D eigenvalue weighted by molar-refractivity contribution is 6.05. The highest BCUT2D eigenvalue weighted by Gasteiger charge is 2.80. The minimum Gasteiger partial charge on any atom is -0.497 e. The van der Waals surface area contributed by atoms with E-state index in [4.69, 9.17) is 9.47 Å². The summed E-state index contributed by atoms with van der Waals surface area (Å²) >= 11 is 0. The molecule has 3 saturated heterocycles. The molecule has 41 heavy (non-hydrogen) atoms. The van der Waals surface area contributed by atoms with Crippen molar-refractivity contribution in [2.45, 2.75) is 70.2 Å². The predicted octanol–water partition coefficient (Wildman–Crippen LogP) is 3.42. The molecule has 3 amide bonds. The number of rotatable bonds is 13. The molecule has 0 saturated carbocycles. The SMILES string of the molecule is C=CCN(CCC)C(=O)[C@H]1[C@H]2C(=O)N([C@@H](CC)CO)C(C(=O)N(CC=C)c3ccc(OC)cc3)C23CC(C)[C@]1(C)O3. The Morgan fingerprint density at radius 1 is 1.20 bits per heavy atom. The number of aliphatic hydroxyl groups is 1. The molecule has 0 aliphatic carbocycles. The van der Waals surface area contributed by atoms with Crippen molar-refractivity contribution in [2.75, 3.05) is 38.3 Å². The summed E-state index contributed by atoms with van der Waals surface area (Å²) in [6.45, 7) is 16.3. The zero-order chi connectivity index (χ0) is 30.1. The largest absolute Gasteiger partial charge is 0.497 e. The van der Waals surface area contributed by atoms with Crippen LogP contribution in [0.25, 0.3) is 0 Å². The third-order valence-corrected chi connectivity index (χ3v) is 9.44. The summed E-state index contributed by atoms with van der Waals surface area (Å²) in [7, 11) is 1.58. The third-order valence-electron chi connectivity index (χ3n) is 9.44. The van der Waals surface area contributed by atoms with Gasteiger partial charge in [0.05, 0.1) is 37.2 Å². The smallest absolute Gasteiger partial charge is 0.253 e. The van der Waals surface area contributed by atoms with Gasteiger partial charge in [-0.3, -0.25) is 14.4 Å². The van der Waals surface area contributed by atoms with Crippen LogP contribution in [-0.4, -0.2) is 89.3 Å². The summed E-state index contributed by atoms with van der Waals surface area (Å²) < 4.78 is 12.2. The Morgan fingerprint density at radius 2 is 1.85 bits per heavy atom. The van der Waals surface area contributed by atoms with Crippen molar-refractivity contribution >= 4 is 23.4 Å². The third kappa shape index (κ3) is 4.77. The second kappa shape index (κ2) is 12.0. The molecule has 1 aromatic carbocycles. The number of carbonyl (C=O) groups is 3. The van der Waals surface area contributed by atoms with E-state index >= 15 is 0 Å². The highest BCUT2D eigenvalue weighted by Crippen LogP contribution is 2.66. The predicted molar refractivity (Wildman–Crippen MR) is 157 cm³/mol. The summed E-state index contributed by atoms with van der Waals surface area (Å²) in [5.41, 5.74) is -1.50. The molecule has 9 heteroatoms. The van der Waals surface area contributed by atoms with Crippen molar-refractivity contribution in [3.8, 4) is 5.75 Å². The molecule has 3 unspecified atom stereocenters. The van der Waals surface area contributed by atoms with Gasteiger partial charge in [-0.2, -0.15) is 0 Å². The van der Waals surface area contributed by atoms with Gasteiger partial charge in [-0.1, -0.05) is 32.9 Å². The van der Waals surface area contributed by atoms with E-state index in [1.54, 1.807) is 53.3 Å². The van der Waals surface area contributed by atoms with E-state index in [9.17, 15) is 19.5 Å². The Morgan fingerprint density at radius 3 is 2.39 bits per heavy atom. The molecule has 224 valence electrons. The van der Waals surface area contributed by atoms with Gasteiger partial charge in [-0.25, -0.2) is 0 Å². The number of fused-ring (bicyclic) bond motifs is 1. The summed E-state index contributed by atoms with van der Waals surface area (Å²) in [6.07, 6.45) is 5.00. The van der Waals surface area contributed by atoms with Gasteiger partial charge in [-0.05, 0) is 56.4 Å². The zero-order valence-electron chi connectivity index (χ0n) is 25.0. The average molecular weight is 568 g/mol. The Bertz CT molecular complexity index is 1170. The van der Waals surface area contributed by atoms with Crippen LogP contribution in [0.2, 0.25) is 0 Å². The first-order chi connectivity index (χ1) is 19.6. The number of aliphatic hydroxyl groups excluding tert-OH is 1. The van der Waals surface area contributed by atoms with Gasteiger partial charge in [0, 0.05) is 25.3 Å². The van der Waals surface area contributed by atoms with Gasteiger partial charge >= 0.3 is 0 Å². The van der Waals surface area contributed by atoms with Gasteiger partial charge in [0.2, 0.25) is 11.8 Å². The van der Waals surface area contributed by atoms with Crippen molar-refractivity contribution in [1.82, 2.24) is 9.80 Å². The standard InChI is InChI=1S/C32H45N3O6/c1-8-16-33(17-9-2)28(37)25-26-29(38)35(22(11-4)20-36)27(32(26)19-21(5)31(25,6)41-32)30(39)34(18-10-3)23-12-14-24(40-7)15-13-23/h8,10,12-15,21-22,25-27,36H,1,3,9,11,16-20H2,2,4-7H3/t21?,22-,25+,26-,27?,31-,32?/m0/s1. The van der Waals surface area contributed by atoms with Crippen LogP contribution in [0.5, 0.6) is 5.75 Å². The minimum atomic E-state index is -1.21. The van der Waals surface area contributed by atoms with E-state index in [0.717, 1.165) is 6.42 Å². The Kier molecular flexibility index (Phi) is 8.99. The number of amides is 3. The lowest BCUT2D eigenvalue weighted by molar-refractivity contribution is -0.153. The van der Waals surface area contributed by atoms with E-state index in [1.165, 1.54) is 4.90 Å². The fourth-order valence-electron chi connectivity index (χ4n) is 7.41. The molecule has 9 nitrogen and oxygen atoms in total. The lowest BCUT2D eigenvalue weighted by Gasteiger charge is -2.39. The van der Waals surface area contributed by atoms with E-state index in [1.807, 2.05) is 27.7 Å². The van der Waals surface area contributed by atoms with E-state index < -0.39 is 35.1 Å². The number of methoxy groups -OCH3 is 1. The number of carbonyl (C=O) groups excluding carboxylic acids is 3. The fourth-order valence-corrected chi connectivity index (χ4v) is 7.41. The van der Waals surface area contributed by atoms with Crippen molar-refractivity contribution in [2.24, 2.45) is 17.8 Å². The van der Waals surface area contributed by atoms with Gasteiger partial charge < -0.3 is 29.3 Å². The molecule has 3 heterocycles. The maximum Gasteiger partial charge on any atom is 0.253 e. The monoisotopic (exact) mass is 567 g/mol. The average Bonchev–Trinajstić information content (AvgIpc) is 3.48. The minimum absolute atomic E-state index is 0.0778. The van der Waals surface area contributed by atoms with Gasteiger partial charge in [0.25, 0.3) is 5.91 Å². The van der Waals surface area contributed by atoms with Crippen molar-refractivity contribution < 1.29 is 29.0 Å². The molecule has 1 N–H and O–H groups in total. The molecule has 1 spiro atoms. The van der Waals surface area contributed by atoms with Gasteiger partial charge in [0.15, 0.2) is 0 Å². The fraction of sp³-hybridized carbons (Fsp3) is 0.594. The Hall–Kier alpha value is -3.17.